The van der Waals surface area contributed by atoms with Crippen LogP contribution in [-0.2, 0) is 13.0 Å². The molecule has 1 aliphatic rings. The Balaban J connectivity index is 2.11. The number of aryl methyl sites for hydroxylation is 1. The number of phenolic OH excluding ortho intramolecular Hbond substituents is 1. The summed E-state index contributed by atoms with van der Waals surface area (Å²) in [4.78, 5) is 13.4. The molecular formula is C19H25ClNO3+. The van der Waals surface area contributed by atoms with Crippen LogP contribution in [0.2, 0.25) is 5.02 Å². The number of hydrogen-bond acceptors (Lipinski definition) is 3. The number of piperidine rings is 1. The van der Waals surface area contributed by atoms with Crippen molar-refractivity contribution in [2.75, 3.05) is 13.1 Å². The van der Waals surface area contributed by atoms with Crippen molar-refractivity contribution in [1.82, 2.24) is 0 Å². The molecule has 130 valence electrons. The summed E-state index contributed by atoms with van der Waals surface area (Å²) in [6, 6.07) is 3.26. The van der Waals surface area contributed by atoms with Crippen molar-refractivity contribution in [3.8, 4) is 5.75 Å². The molecule has 0 spiro atoms. The van der Waals surface area contributed by atoms with E-state index in [4.69, 9.17) is 16.0 Å². The van der Waals surface area contributed by atoms with Gasteiger partial charge in [-0.25, -0.2) is 4.79 Å². The molecule has 2 aromatic rings. The van der Waals surface area contributed by atoms with E-state index in [1.165, 1.54) is 17.7 Å². The molecule has 1 aromatic carbocycles. The zero-order chi connectivity index (χ0) is 17.3. The Morgan fingerprint density at radius 2 is 2.21 bits per heavy atom. The van der Waals surface area contributed by atoms with Gasteiger partial charge in [-0.1, -0.05) is 31.9 Å². The van der Waals surface area contributed by atoms with E-state index in [0.717, 1.165) is 36.9 Å². The van der Waals surface area contributed by atoms with Crippen molar-refractivity contribution >= 4 is 22.6 Å². The van der Waals surface area contributed by atoms with E-state index < -0.39 is 0 Å². The van der Waals surface area contributed by atoms with Crippen molar-refractivity contribution in [3.05, 3.63) is 38.7 Å². The molecule has 0 amide bonds. The van der Waals surface area contributed by atoms with E-state index in [2.05, 4.69) is 13.8 Å². The van der Waals surface area contributed by atoms with Crippen LogP contribution in [0.1, 0.15) is 44.2 Å². The zero-order valence-corrected chi connectivity index (χ0v) is 15.1. The summed E-state index contributed by atoms with van der Waals surface area (Å²) in [5, 5.41) is 11.7. The first-order chi connectivity index (χ1) is 11.5. The Kier molecular flexibility index (Phi) is 5.16. The van der Waals surface area contributed by atoms with Crippen LogP contribution < -0.4 is 10.5 Å². The van der Waals surface area contributed by atoms with Gasteiger partial charge >= 0.3 is 5.63 Å². The fraction of sp³-hybridized carbons (Fsp3) is 0.526. The van der Waals surface area contributed by atoms with Gasteiger partial charge < -0.3 is 14.4 Å². The molecule has 2 N–H and O–H groups in total. The molecule has 4 nitrogen and oxygen atoms in total. The minimum absolute atomic E-state index is 0.0479. The number of quaternary nitrogens is 1. The molecule has 0 bridgehead atoms. The lowest BCUT2D eigenvalue weighted by Crippen LogP contribution is -3.12. The van der Waals surface area contributed by atoms with Crippen LogP contribution in [-0.4, -0.2) is 18.2 Å². The highest BCUT2D eigenvalue weighted by molar-refractivity contribution is 6.33. The summed E-state index contributed by atoms with van der Waals surface area (Å²) in [6.07, 6.45) is 4.15. The lowest BCUT2D eigenvalue weighted by Gasteiger charge is -2.28. The average molecular weight is 351 g/mol. The molecule has 3 rings (SSSR count). The predicted octanol–water partition coefficient (Wildman–Crippen LogP) is 2.92. The Morgan fingerprint density at radius 3 is 2.92 bits per heavy atom. The first-order valence-corrected chi connectivity index (χ1v) is 9.18. The van der Waals surface area contributed by atoms with Crippen molar-refractivity contribution in [2.24, 2.45) is 5.92 Å². The maximum absolute atomic E-state index is 12.0. The molecule has 1 saturated heterocycles. The number of likely N-dealkylation sites (tertiary alicyclic amines) is 1. The van der Waals surface area contributed by atoms with Gasteiger partial charge in [0.05, 0.1) is 23.7 Å². The Morgan fingerprint density at radius 1 is 1.42 bits per heavy atom. The fourth-order valence-electron chi connectivity index (χ4n) is 3.83. The lowest BCUT2D eigenvalue weighted by atomic mass is 9.98. The van der Waals surface area contributed by atoms with Gasteiger partial charge in [-0.2, -0.15) is 0 Å². The number of benzene rings is 1. The molecule has 1 unspecified atom stereocenters. The molecule has 5 heteroatoms. The van der Waals surface area contributed by atoms with Crippen LogP contribution in [0, 0.1) is 5.92 Å². The average Bonchev–Trinajstić information content (AvgIpc) is 2.53. The second kappa shape index (κ2) is 7.16. The van der Waals surface area contributed by atoms with E-state index in [-0.39, 0.29) is 11.4 Å². The van der Waals surface area contributed by atoms with E-state index in [0.29, 0.717) is 28.6 Å². The highest BCUT2D eigenvalue weighted by Crippen LogP contribution is 2.35. The van der Waals surface area contributed by atoms with E-state index in [1.54, 1.807) is 12.1 Å². The number of phenols is 1. The molecule has 24 heavy (non-hydrogen) atoms. The maximum Gasteiger partial charge on any atom is 0.336 e. The SMILES string of the molecule is CCCc1cc(=O)oc2c(C[NH+]3CCC[C@@H](C)C3)c(O)c(Cl)cc12. The summed E-state index contributed by atoms with van der Waals surface area (Å²) < 4.78 is 5.50. The molecule has 1 aliphatic heterocycles. The van der Waals surface area contributed by atoms with Crippen LogP contribution in [0.15, 0.2) is 21.3 Å². The largest absolute Gasteiger partial charge is 0.506 e. The first-order valence-electron chi connectivity index (χ1n) is 8.80. The van der Waals surface area contributed by atoms with E-state index in [9.17, 15) is 9.90 Å². The molecule has 1 fully saturated rings. The molecule has 0 radical (unpaired) electrons. The maximum atomic E-state index is 12.0. The zero-order valence-electron chi connectivity index (χ0n) is 14.3. The minimum Gasteiger partial charge on any atom is -0.506 e. The summed E-state index contributed by atoms with van der Waals surface area (Å²) in [5.41, 5.74) is 1.74. The van der Waals surface area contributed by atoms with Crippen LogP contribution in [0.5, 0.6) is 5.75 Å². The second-order valence-corrected chi connectivity index (χ2v) is 7.44. The summed E-state index contributed by atoms with van der Waals surface area (Å²) >= 11 is 6.27. The predicted molar refractivity (Wildman–Crippen MR) is 96.0 cm³/mol. The third-order valence-corrected chi connectivity index (χ3v) is 5.24. The van der Waals surface area contributed by atoms with Gasteiger partial charge in [0.2, 0.25) is 0 Å². The number of aromatic hydroxyl groups is 1. The molecule has 1 aromatic heterocycles. The molecule has 0 saturated carbocycles. The van der Waals surface area contributed by atoms with Gasteiger partial charge in [-0.15, -0.1) is 0 Å². The lowest BCUT2D eigenvalue weighted by molar-refractivity contribution is -0.922. The molecule has 2 heterocycles. The first kappa shape index (κ1) is 17.3. The van der Waals surface area contributed by atoms with Crippen LogP contribution in [0.25, 0.3) is 11.0 Å². The number of fused-ring (bicyclic) bond motifs is 1. The van der Waals surface area contributed by atoms with Gasteiger partial charge in [0.15, 0.2) is 5.58 Å². The Bertz CT molecular complexity index is 799. The van der Waals surface area contributed by atoms with Gasteiger partial charge in [0.1, 0.15) is 12.3 Å². The highest BCUT2D eigenvalue weighted by atomic mass is 35.5. The normalized spacial score (nSPS) is 21.3. The molecule has 2 atom stereocenters. The summed E-state index contributed by atoms with van der Waals surface area (Å²) in [5.74, 6) is 0.718. The van der Waals surface area contributed by atoms with Gasteiger partial charge in [0, 0.05) is 17.4 Å². The fourth-order valence-corrected chi connectivity index (χ4v) is 4.05. The van der Waals surface area contributed by atoms with Crippen molar-refractivity contribution in [1.29, 1.82) is 0 Å². The Labute approximate surface area is 147 Å². The third kappa shape index (κ3) is 3.45. The number of halogens is 1. The van der Waals surface area contributed by atoms with Crippen LogP contribution in [0.4, 0.5) is 0 Å². The van der Waals surface area contributed by atoms with E-state index >= 15 is 0 Å². The number of rotatable bonds is 4. The topological polar surface area (TPSA) is 54.9 Å². The highest BCUT2D eigenvalue weighted by Gasteiger charge is 2.25. The van der Waals surface area contributed by atoms with Gasteiger partial charge in [-0.3, -0.25) is 0 Å². The third-order valence-electron chi connectivity index (χ3n) is 4.95. The molecular weight excluding hydrogens is 326 g/mol. The standard InChI is InChI=1S/C19H24ClNO3/c1-3-5-13-8-17(22)24-19-14(13)9-16(20)18(23)15(19)11-21-7-4-6-12(2)10-21/h8-9,12,23H,3-7,10-11H2,1-2H3/p+1/t12-/m1/s1. The van der Waals surface area contributed by atoms with Crippen molar-refractivity contribution in [2.45, 2.75) is 46.1 Å². The molecule has 0 aliphatic carbocycles. The van der Waals surface area contributed by atoms with Gasteiger partial charge in [0.25, 0.3) is 0 Å². The van der Waals surface area contributed by atoms with E-state index in [1.807, 2.05) is 0 Å². The smallest absolute Gasteiger partial charge is 0.336 e. The number of hydrogen-bond donors (Lipinski definition) is 2. The van der Waals surface area contributed by atoms with Crippen molar-refractivity contribution < 1.29 is 14.4 Å². The van der Waals surface area contributed by atoms with Gasteiger partial charge in [-0.05, 0) is 30.9 Å². The van der Waals surface area contributed by atoms with Crippen LogP contribution in [0.3, 0.4) is 0 Å². The summed E-state index contributed by atoms with van der Waals surface area (Å²) in [6.45, 7) is 7.09. The second-order valence-electron chi connectivity index (χ2n) is 7.03. The monoisotopic (exact) mass is 350 g/mol. The van der Waals surface area contributed by atoms with Crippen LogP contribution >= 0.6 is 11.6 Å². The minimum atomic E-state index is -0.365. The quantitative estimate of drug-likeness (QED) is 0.834. The Hall–Kier alpha value is -1.52. The number of nitrogens with one attached hydrogen (secondary N) is 1. The van der Waals surface area contributed by atoms with Crippen molar-refractivity contribution in [3.63, 3.8) is 0 Å². The summed E-state index contributed by atoms with van der Waals surface area (Å²) in [7, 11) is 0.